The normalized spacial score (nSPS) is 17.7. The molecule has 0 saturated carbocycles. The second-order valence-electron chi connectivity index (χ2n) is 5.51. The van der Waals surface area contributed by atoms with E-state index in [1.54, 1.807) is 18.2 Å². The SMILES string of the molecule is CC(=O)C1=CC=C(c2cc3cc(Br)ccc3oc2=O)NC1C(F)(F)F. The summed E-state index contributed by atoms with van der Waals surface area (Å²) < 4.78 is 45.7. The van der Waals surface area contributed by atoms with Crippen LogP contribution >= 0.6 is 15.9 Å². The molecule has 1 unspecified atom stereocenters. The van der Waals surface area contributed by atoms with Crippen LogP contribution in [0.3, 0.4) is 0 Å². The Morgan fingerprint density at radius 3 is 2.60 bits per heavy atom. The van der Waals surface area contributed by atoms with E-state index in [4.69, 9.17) is 4.42 Å². The van der Waals surface area contributed by atoms with Crippen LogP contribution in [-0.2, 0) is 4.79 Å². The summed E-state index contributed by atoms with van der Waals surface area (Å²) in [6.45, 7) is 1.06. The van der Waals surface area contributed by atoms with Crippen molar-refractivity contribution in [3.05, 3.63) is 62.4 Å². The van der Waals surface area contributed by atoms with Gasteiger partial charge < -0.3 is 9.73 Å². The number of fused-ring (bicyclic) bond motifs is 1. The lowest BCUT2D eigenvalue weighted by Crippen LogP contribution is -2.46. The maximum absolute atomic E-state index is 13.3. The van der Waals surface area contributed by atoms with Gasteiger partial charge in [-0.2, -0.15) is 13.2 Å². The zero-order chi connectivity index (χ0) is 18.4. The molecule has 1 aliphatic rings. The molecule has 3 rings (SSSR count). The van der Waals surface area contributed by atoms with Gasteiger partial charge in [0.2, 0.25) is 0 Å². The topological polar surface area (TPSA) is 59.3 Å². The van der Waals surface area contributed by atoms with Crippen LogP contribution in [0.25, 0.3) is 16.7 Å². The van der Waals surface area contributed by atoms with E-state index in [2.05, 4.69) is 21.2 Å². The Labute approximate surface area is 148 Å². The number of carbonyl (C=O) groups excluding carboxylic acids is 1. The molecule has 25 heavy (non-hydrogen) atoms. The molecule has 1 aliphatic heterocycles. The fourth-order valence-electron chi connectivity index (χ4n) is 2.58. The summed E-state index contributed by atoms with van der Waals surface area (Å²) in [4.78, 5) is 23.6. The van der Waals surface area contributed by atoms with Crippen molar-refractivity contribution in [2.75, 3.05) is 0 Å². The predicted octanol–water partition coefficient (Wildman–Crippen LogP) is 3.95. The number of nitrogens with one attached hydrogen (secondary N) is 1. The first-order chi connectivity index (χ1) is 11.7. The smallest absolute Gasteiger partial charge is 0.412 e. The minimum Gasteiger partial charge on any atom is -0.422 e. The molecule has 2 heterocycles. The van der Waals surface area contributed by atoms with E-state index in [1.807, 2.05) is 0 Å². The van der Waals surface area contributed by atoms with Crippen LogP contribution in [0.4, 0.5) is 13.2 Å². The maximum atomic E-state index is 13.3. The molecule has 0 amide bonds. The third kappa shape index (κ3) is 3.39. The van der Waals surface area contributed by atoms with Crippen molar-refractivity contribution in [1.29, 1.82) is 0 Å². The highest BCUT2D eigenvalue weighted by Crippen LogP contribution is 2.31. The molecule has 0 bridgehead atoms. The van der Waals surface area contributed by atoms with E-state index in [-0.39, 0.29) is 11.3 Å². The van der Waals surface area contributed by atoms with E-state index in [9.17, 15) is 22.8 Å². The van der Waals surface area contributed by atoms with Gasteiger partial charge in [-0.05, 0) is 37.3 Å². The van der Waals surface area contributed by atoms with E-state index in [1.165, 1.54) is 12.1 Å². The quantitative estimate of drug-likeness (QED) is 0.757. The van der Waals surface area contributed by atoms with Gasteiger partial charge in [-0.3, -0.25) is 4.79 Å². The van der Waals surface area contributed by atoms with Crippen molar-refractivity contribution >= 4 is 38.4 Å². The van der Waals surface area contributed by atoms with Crippen molar-refractivity contribution in [2.24, 2.45) is 0 Å². The van der Waals surface area contributed by atoms with Crippen LogP contribution in [-0.4, -0.2) is 18.0 Å². The van der Waals surface area contributed by atoms with Crippen LogP contribution in [0, 0.1) is 0 Å². The molecule has 1 aromatic carbocycles. The monoisotopic (exact) mass is 413 g/mol. The number of dihydropyridines is 1. The number of benzene rings is 1. The highest BCUT2D eigenvalue weighted by Gasteiger charge is 2.45. The number of carbonyl (C=O) groups is 1. The number of ketones is 1. The second-order valence-corrected chi connectivity index (χ2v) is 6.42. The Bertz CT molecular complexity index is 989. The molecule has 1 aromatic heterocycles. The summed E-state index contributed by atoms with van der Waals surface area (Å²) in [7, 11) is 0. The lowest BCUT2D eigenvalue weighted by Gasteiger charge is -2.27. The van der Waals surface area contributed by atoms with Gasteiger partial charge in [0.05, 0.1) is 5.56 Å². The lowest BCUT2D eigenvalue weighted by molar-refractivity contribution is -0.147. The summed E-state index contributed by atoms with van der Waals surface area (Å²) in [5.74, 6) is -0.695. The Kier molecular flexibility index (Phi) is 4.32. The lowest BCUT2D eigenvalue weighted by atomic mass is 9.97. The number of rotatable bonds is 2. The van der Waals surface area contributed by atoms with Crippen LogP contribution in [0.1, 0.15) is 12.5 Å². The molecule has 1 atom stereocenters. The van der Waals surface area contributed by atoms with E-state index in [0.717, 1.165) is 17.5 Å². The average Bonchev–Trinajstić information content (AvgIpc) is 2.53. The van der Waals surface area contributed by atoms with Gasteiger partial charge in [-0.15, -0.1) is 0 Å². The summed E-state index contributed by atoms with van der Waals surface area (Å²) in [6, 6.07) is 4.22. The maximum Gasteiger partial charge on any atom is 0.412 e. The third-order valence-electron chi connectivity index (χ3n) is 3.76. The first-order valence-corrected chi connectivity index (χ1v) is 7.96. The number of hydrogen-bond acceptors (Lipinski definition) is 4. The second kappa shape index (κ2) is 6.18. The summed E-state index contributed by atoms with van der Waals surface area (Å²) >= 11 is 3.29. The summed E-state index contributed by atoms with van der Waals surface area (Å²) in [5.41, 5.74) is -0.958. The largest absolute Gasteiger partial charge is 0.422 e. The van der Waals surface area contributed by atoms with Crippen molar-refractivity contribution in [3.63, 3.8) is 0 Å². The Balaban J connectivity index is 2.13. The van der Waals surface area contributed by atoms with Crippen molar-refractivity contribution in [3.8, 4) is 0 Å². The van der Waals surface area contributed by atoms with Crippen LogP contribution in [0.15, 0.2) is 55.7 Å². The molecule has 0 saturated heterocycles. The molecule has 0 radical (unpaired) electrons. The molecule has 8 heteroatoms. The van der Waals surface area contributed by atoms with E-state index < -0.39 is 29.2 Å². The average molecular weight is 414 g/mol. The highest BCUT2D eigenvalue weighted by molar-refractivity contribution is 9.10. The highest BCUT2D eigenvalue weighted by atomic mass is 79.9. The molecule has 0 aliphatic carbocycles. The molecular weight excluding hydrogens is 403 g/mol. The molecule has 0 fully saturated rings. The molecule has 1 N–H and O–H groups in total. The number of Topliss-reactive ketones (excluding diaryl/α,β-unsaturated/α-hetero) is 1. The fraction of sp³-hybridized carbons (Fsp3) is 0.176. The van der Waals surface area contributed by atoms with E-state index in [0.29, 0.717) is 11.0 Å². The molecular formula is C17H11BrF3NO3. The van der Waals surface area contributed by atoms with E-state index >= 15 is 0 Å². The Morgan fingerprint density at radius 2 is 1.96 bits per heavy atom. The fourth-order valence-corrected chi connectivity index (χ4v) is 2.96. The third-order valence-corrected chi connectivity index (χ3v) is 4.25. The van der Waals surface area contributed by atoms with Gasteiger partial charge in [0.25, 0.3) is 0 Å². The Hall–Kier alpha value is -2.35. The van der Waals surface area contributed by atoms with Crippen molar-refractivity contribution in [2.45, 2.75) is 19.1 Å². The van der Waals surface area contributed by atoms with Gasteiger partial charge in [0.15, 0.2) is 11.8 Å². The van der Waals surface area contributed by atoms with Crippen LogP contribution in [0.2, 0.25) is 0 Å². The number of alkyl halides is 3. The van der Waals surface area contributed by atoms with Crippen molar-refractivity contribution in [1.82, 2.24) is 5.32 Å². The Morgan fingerprint density at radius 1 is 1.24 bits per heavy atom. The van der Waals surface area contributed by atoms with Gasteiger partial charge in [-0.1, -0.05) is 22.0 Å². The van der Waals surface area contributed by atoms with Gasteiger partial charge in [0.1, 0.15) is 5.58 Å². The molecule has 0 spiro atoms. The predicted molar refractivity (Wildman–Crippen MR) is 89.9 cm³/mol. The first-order valence-electron chi connectivity index (χ1n) is 7.16. The summed E-state index contributed by atoms with van der Waals surface area (Å²) in [5, 5.41) is 2.79. The minimum absolute atomic E-state index is 0.0429. The standard InChI is InChI=1S/C17H11BrF3NO3/c1-8(23)11-3-4-13(22-15(11)17(19,20)21)12-7-9-6-10(18)2-5-14(9)25-16(12)24/h2-7,15,22H,1H3. The van der Waals surface area contributed by atoms with Crippen LogP contribution < -0.4 is 10.9 Å². The zero-order valence-electron chi connectivity index (χ0n) is 12.8. The minimum atomic E-state index is -4.68. The zero-order valence-corrected chi connectivity index (χ0v) is 14.4. The summed E-state index contributed by atoms with van der Waals surface area (Å²) in [6.07, 6.45) is -2.33. The molecule has 130 valence electrons. The number of hydrogen-bond donors (Lipinski definition) is 1. The molecule has 2 aromatic rings. The van der Waals surface area contributed by atoms with Gasteiger partial charge in [0, 0.05) is 21.1 Å². The molecule has 4 nitrogen and oxygen atoms in total. The van der Waals surface area contributed by atoms with Gasteiger partial charge in [-0.25, -0.2) is 4.79 Å². The number of halogens is 4. The van der Waals surface area contributed by atoms with Crippen LogP contribution in [0.5, 0.6) is 0 Å². The number of allylic oxidation sites excluding steroid dienone is 2. The van der Waals surface area contributed by atoms with Gasteiger partial charge >= 0.3 is 11.8 Å². The first kappa shape index (κ1) is 17.5. The van der Waals surface area contributed by atoms with Crippen molar-refractivity contribution < 1.29 is 22.4 Å².